The smallest absolute Gasteiger partial charge is 0.410 e. The average Bonchev–Trinajstić information content (AvgIpc) is 3.20. The molecule has 0 atom stereocenters. The van der Waals surface area contributed by atoms with Gasteiger partial charge in [0.05, 0.1) is 11.7 Å². The zero-order valence-electron chi connectivity index (χ0n) is 17.2. The number of benzene rings is 1. The Hall–Kier alpha value is -2.13. The van der Waals surface area contributed by atoms with E-state index < -0.39 is 0 Å². The van der Waals surface area contributed by atoms with Gasteiger partial charge in [0.25, 0.3) is 5.89 Å². The van der Waals surface area contributed by atoms with Crippen LogP contribution in [0.1, 0.15) is 44.9 Å². The highest BCUT2D eigenvalue weighted by Crippen LogP contribution is 2.35. The molecule has 0 bridgehead atoms. The van der Waals surface area contributed by atoms with Crippen molar-refractivity contribution in [2.75, 3.05) is 19.3 Å². The van der Waals surface area contributed by atoms with Gasteiger partial charge in [-0.3, -0.25) is 0 Å². The SMILES string of the molecule is CSc1ccc(-c2noc(COC3CCN(C(=O)OC4(C)CCC4)CC3)n2)c(F)c1. The van der Waals surface area contributed by atoms with Gasteiger partial charge >= 0.3 is 6.09 Å². The van der Waals surface area contributed by atoms with Crippen LogP contribution in [-0.4, -0.2) is 52.2 Å². The van der Waals surface area contributed by atoms with Crippen molar-refractivity contribution in [3.05, 3.63) is 29.9 Å². The van der Waals surface area contributed by atoms with Crippen LogP contribution in [0.2, 0.25) is 0 Å². The van der Waals surface area contributed by atoms with Crippen molar-refractivity contribution in [2.45, 2.75) is 62.2 Å². The molecule has 7 nitrogen and oxygen atoms in total. The van der Waals surface area contributed by atoms with E-state index in [2.05, 4.69) is 10.1 Å². The predicted molar refractivity (Wildman–Crippen MR) is 110 cm³/mol. The highest BCUT2D eigenvalue weighted by atomic mass is 32.2. The van der Waals surface area contributed by atoms with Gasteiger partial charge in [-0.2, -0.15) is 4.98 Å². The Morgan fingerprint density at radius 2 is 2.13 bits per heavy atom. The predicted octanol–water partition coefficient (Wildman–Crippen LogP) is 4.66. The molecule has 2 aromatic rings. The van der Waals surface area contributed by atoms with Crippen molar-refractivity contribution in [3.8, 4) is 11.4 Å². The first-order valence-corrected chi connectivity index (χ1v) is 11.4. The molecule has 0 radical (unpaired) electrons. The molecular formula is C21H26FN3O4S. The van der Waals surface area contributed by atoms with Crippen LogP contribution in [0.4, 0.5) is 9.18 Å². The maximum atomic E-state index is 14.2. The lowest BCUT2D eigenvalue weighted by atomic mass is 9.82. The Morgan fingerprint density at radius 1 is 1.37 bits per heavy atom. The van der Waals surface area contributed by atoms with Crippen LogP contribution in [0.15, 0.2) is 27.6 Å². The number of aromatic nitrogens is 2. The molecule has 2 fully saturated rings. The van der Waals surface area contributed by atoms with Crippen LogP contribution in [0.25, 0.3) is 11.4 Å². The molecule has 1 aliphatic carbocycles. The van der Waals surface area contributed by atoms with Crippen molar-refractivity contribution in [1.29, 1.82) is 0 Å². The maximum Gasteiger partial charge on any atom is 0.410 e. The van der Waals surface area contributed by atoms with E-state index in [0.29, 0.717) is 24.5 Å². The molecule has 0 spiro atoms. The fourth-order valence-corrected chi connectivity index (χ4v) is 4.10. The molecule has 4 rings (SSSR count). The van der Waals surface area contributed by atoms with E-state index in [1.807, 2.05) is 19.2 Å². The number of likely N-dealkylation sites (tertiary alicyclic amines) is 1. The van der Waals surface area contributed by atoms with Gasteiger partial charge in [0.15, 0.2) is 0 Å². The third kappa shape index (κ3) is 4.78. The molecule has 0 N–H and O–H groups in total. The quantitative estimate of drug-likeness (QED) is 0.611. The van der Waals surface area contributed by atoms with E-state index >= 15 is 0 Å². The monoisotopic (exact) mass is 435 g/mol. The van der Waals surface area contributed by atoms with Crippen LogP contribution in [-0.2, 0) is 16.1 Å². The summed E-state index contributed by atoms with van der Waals surface area (Å²) in [7, 11) is 0. The van der Waals surface area contributed by atoms with Gasteiger partial charge in [-0.1, -0.05) is 5.16 Å². The largest absolute Gasteiger partial charge is 0.443 e. The average molecular weight is 436 g/mol. The minimum atomic E-state index is -0.384. The van der Waals surface area contributed by atoms with Crippen LogP contribution in [0.5, 0.6) is 0 Å². The Bertz CT molecular complexity index is 894. The number of carbonyl (C=O) groups excluding carboxylic acids is 1. The van der Waals surface area contributed by atoms with Gasteiger partial charge in [-0.25, -0.2) is 9.18 Å². The number of ether oxygens (including phenoxy) is 2. The number of nitrogens with zero attached hydrogens (tertiary/aromatic N) is 3. The summed E-state index contributed by atoms with van der Waals surface area (Å²) >= 11 is 1.47. The minimum absolute atomic E-state index is 0.00119. The molecule has 0 unspecified atom stereocenters. The van der Waals surface area contributed by atoms with E-state index in [0.717, 1.165) is 37.0 Å². The molecule has 1 saturated carbocycles. The van der Waals surface area contributed by atoms with Crippen LogP contribution in [0, 0.1) is 5.82 Å². The zero-order valence-corrected chi connectivity index (χ0v) is 18.0. The molecule has 30 heavy (non-hydrogen) atoms. The van der Waals surface area contributed by atoms with Crippen molar-refractivity contribution in [2.24, 2.45) is 0 Å². The fourth-order valence-electron chi connectivity index (χ4n) is 3.67. The minimum Gasteiger partial charge on any atom is -0.443 e. The Morgan fingerprint density at radius 3 is 2.77 bits per heavy atom. The number of carbonyl (C=O) groups is 1. The van der Waals surface area contributed by atoms with Crippen LogP contribution < -0.4 is 0 Å². The summed E-state index contributed by atoms with van der Waals surface area (Å²) in [5, 5.41) is 3.87. The van der Waals surface area contributed by atoms with Crippen molar-refractivity contribution < 1.29 is 23.2 Å². The van der Waals surface area contributed by atoms with E-state index in [-0.39, 0.29) is 36.0 Å². The molecule has 1 aliphatic heterocycles. The number of halogens is 1. The van der Waals surface area contributed by atoms with E-state index in [4.69, 9.17) is 14.0 Å². The first-order valence-electron chi connectivity index (χ1n) is 10.2. The zero-order chi connectivity index (χ0) is 21.1. The highest BCUT2D eigenvalue weighted by Gasteiger charge is 2.37. The lowest BCUT2D eigenvalue weighted by molar-refractivity contribution is -0.0589. The van der Waals surface area contributed by atoms with Gasteiger partial charge in [0, 0.05) is 18.0 Å². The molecule has 1 aromatic heterocycles. The van der Waals surface area contributed by atoms with Crippen molar-refractivity contribution in [1.82, 2.24) is 15.0 Å². The van der Waals surface area contributed by atoms with Gasteiger partial charge in [0.1, 0.15) is 18.0 Å². The fraction of sp³-hybridized carbons (Fsp3) is 0.571. The molecule has 9 heteroatoms. The number of hydrogen-bond acceptors (Lipinski definition) is 7. The summed E-state index contributed by atoms with van der Waals surface area (Å²) in [6.07, 6.45) is 6.10. The number of amides is 1. The molecule has 1 saturated heterocycles. The number of hydrogen-bond donors (Lipinski definition) is 0. The van der Waals surface area contributed by atoms with Gasteiger partial charge < -0.3 is 18.9 Å². The third-order valence-electron chi connectivity index (χ3n) is 5.77. The summed E-state index contributed by atoms with van der Waals surface area (Å²) in [5.74, 6) is 0.129. The van der Waals surface area contributed by atoms with Gasteiger partial charge in [-0.15, -0.1) is 11.8 Å². The molecule has 1 aromatic carbocycles. The van der Waals surface area contributed by atoms with Crippen molar-refractivity contribution in [3.63, 3.8) is 0 Å². The molecular weight excluding hydrogens is 409 g/mol. The summed E-state index contributed by atoms with van der Waals surface area (Å²) in [5.41, 5.74) is 0.0182. The van der Waals surface area contributed by atoms with E-state index in [9.17, 15) is 9.18 Å². The maximum absolute atomic E-state index is 14.2. The second kappa shape index (κ2) is 8.93. The topological polar surface area (TPSA) is 77.7 Å². The second-order valence-corrected chi connectivity index (χ2v) is 8.91. The number of thioether (sulfide) groups is 1. The number of rotatable bonds is 6. The Balaban J connectivity index is 1.25. The van der Waals surface area contributed by atoms with Gasteiger partial charge in [0.2, 0.25) is 5.82 Å². The normalized spacial score (nSPS) is 18.8. The summed E-state index contributed by atoms with van der Waals surface area (Å²) in [4.78, 5) is 19.1. The summed E-state index contributed by atoms with van der Waals surface area (Å²) < 4.78 is 30.9. The molecule has 1 amide bonds. The lowest BCUT2D eigenvalue weighted by Gasteiger charge is -2.40. The highest BCUT2D eigenvalue weighted by molar-refractivity contribution is 7.98. The summed E-state index contributed by atoms with van der Waals surface area (Å²) in [6.45, 7) is 3.35. The molecule has 162 valence electrons. The summed E-state index contributed by atoms with van der Waals surface area (Å²) in [6, 6.07) is 4.92. The standard InChI is InChI=1S/C21H26FN3O4S/c1-21(8-3-9-21)28-20(26)25-10-6-14(7-11-25)27-13-18-23-19(24-29-18)16-5-4-15(30-2)12-17(16)22/h4-5,12,14H,3,6-11,13H2,1-2H3. The first kappa shape index (κ1) is 21.1. The van der Waals surface area contributed by atoms with Crippen LogP contribution >= 0.6 is 11.8 Å². The second-order valence-electron chi connectivity index (χ2n) is 8.03. The lowest BCUT2D eigenvalue weighted by Crippen LogP contribution is -2.46. The Kier molecular flexibility index (Phi) is 6.29. The van der Waals surface area contributed by atoms with Gasteiger partial charge in [-0.05, 0) is 63.5 Å². The number of piperidine rings is 1. The molecule has 2 heterocycles. The van der Waals surface area contributed by atoms with Crippen molar-refractivity contribution >= 4 is 17.9 Å². The Labute approximate surface area is 179 Å². The molecule has 2 aliphatic rings. The van der Waals surface area contributed by atoms with Crippen LogP contribution in [0.3, 0.4) is 0 Å². The van der Waals surface area contributed by atoms with E-state index in [1.54, 1.807) is 11.0 Å². The third-order valence-corrected chi connectivity index (χ3v) is 6.50. The van der Waals surface area contributed by atoms with E-state index in [1.165, 1.54) is 17.8 Å². The first-order chi connectivity index (χ1) is 14.5.